The van der Waals surface area contributed by atoms with E-state index in [-0.39, 0.29) is 5.69 Å². The Morgan fingerprint density at radius 2 is 1.81 bits per heavy atom. The Kier molecular flexibility index (Phi) is 5.48. The third-order valence-electron chi connectivity index (χ3n) is 4.10. The van der Waals surface area contributed by atoms with Gasteiger partial charge in [-0.3, -0.25) is 15.5 Å². The van der Waals surface area contributed by atoms with Crippen LogP contribution in [0.1, 0.15) is 17.0 Å². The second kappa shape index (κ2) is 7.82. The van der Waals surface area contributed by atoms with Crippen molar-refractivity contribution in [2.24, 2.45) is 5.10 Å². The highest BCUT2D eigenvalue weighted by atomic mass is 35.5. The number of aryl methyl sites for hydroxylation is 1. The van der Waals surface area contributed by atoms with Gasteiger partial charge in [0, 0.05) is 34.1 Å². The molecule has 6 nitrogen and oxygen atoms in total. The lowest BCUT2D eigenvalue weighted by atomic mass is 10.2. The van der Waals surface area contributed by atoms with Gasteiger partial charge in [0.05, 0.1) is 27.5 Å². The Balaban J connectivity index is 1.82. The lowest BCUT2D eigenvalue weighted by molar-refractivity contribution is -0.384. The molecular weight excluding hydrogens is 387 g/mol. The molecule has 1 N–H and O–H groups in total. The number of hydrazone groups is 1. The van der Waals surface area contributed by atoms with E-state index in [4.69, 9.17) is 23.2 Å². The van der Waals surface area contributed by atoms with Crippen LogP contribution in [0.3, 0.4) is 0 Å². The molecular formula is C19H16Cl2N4O2. The highest BCUT2D eigenvalue weighted by Gasteiger charge is 2.12. The van der Waals surface area contributed by atoms with E-state index in [1.807, 2.05) is 30.5 Å². The van der Waals surface area contributed by atoms with Crippen LogP contribution in [0.5, 0.6) is 0 Å². The van der Waals surface area contributed by atoms with Crippen LogP contribution in [-0.2, 0) is 0 Å². The predicted molar refractivity (Wildman–Crippen MR) is 110 cm³/mol. The van der Waals surface area contributed by atoms with Crippen LogP contribution in [0.2, 0.25) is 10.0 Å². The van der Waals surface area contributed by atoms with Gasteiger partial charge in [0.25, 0.3) is 5.69 Å². The molecule has 0 bridgehead atoms. The largest absolute Gasteiger partial charge is 0.316 e. The molecule has 2 aromatic carbocycles. The number of anilines is 1. The first kappa shape index (κ1) is 18.9. The Bertz CT molecular complexity index is 1030. The summed E-state index contributed by atoms with van der Waals surface area (Å²) in [6.45, 7) is 3.96. The molecule has 0 amide bonds. The molecule has 3 aromatic rings. The number of nitrogens with one attached hydrogen (secondary N) is 1. The second-order valence-electron chi connectivity index (χ2n) is 5.93. The lowest BCUT2D eigenvalue weighted by Crippen LogP contribution is -2.00. The average Bonchev–Trinajstić information content (AvgIpc) is 2.90. The van der Waals surface area contributed by atoms with Crippen LogP contribution in [-0.4, -0.2) is 15.7 Å². The number of hydrogen-bond donors (Lipinski definition) is 1. The Labute approximate surface area is 166 Å². The minimum Gasteiger partial charge on any atom is -0.316 e. The zero-order chi connectivity index (χ0) is 19.6. The van der Waals surface area contributed by atoms with Crippen molar-refractivity contribution in [2.75, 3.05) is 5.43 Å². The normalized spacial score (nSPS) is 11.1. The first-order valence-corrected chi connectivity index (χ1v) is 8.80. The number of nitro benzene ring substituents is 1. The zero-order valence-electron chi connectivity index (χ0n) is 14.6. The molecule has 8 heteroatoms. The Hall–Kier alpha value is -2.83. The van der Waals surface area contributed by atoms with E-state index < -0.39 is 4.92 Å². The number of aromatic nitrogens is 1. The summed E-state index contributed by atoms with van der Waals surface area (Å²) in [6.07, 6.45) is 1.70. The molecule has 0 spiro atoms. The van der Waals surface area contributed by atoms with Crippen LogP contribution >= 0.6 is 23.2 Å². The van der Waals surface area contributed by atoms with Crippen molar-refractivity contribution in [1.82, 2.24) is 4.57 Å². The molecule has 0 radical (unpaired) electrons. The van der Waals surface area contributed by atoms with Gasteiger partial charge in [-0.15, -0.1) is 0 Å². The SMILES string of the molecule is Cc1cc(/C=N/Nc2ccc([N+](=O)[O-])cc2)c(C)n1-c1ccc(Cl)cc1Cl. The van der Waals surface area contributed by atoms with Crippen molar-refractivity contribution >= 4 is 40.8 Å². The second-order valence-corrected chi connectivity index (χ2v) is 6.78. The molecule has 0 saturated heterocycles. The van der Waals surface area contributed by atoms with Crippen LogP contribution in [0.4, 0.5) is 11.4 Å². The van der Waals surface area contributed by atoms with Crippen LogP contribution < -0.4 is 5.43 Å². The summed E-state index contributed by atoms with van der Waals surface area (Å²) in [5.41, 5.74) is 7.32. The van der Waals surface area contributed by atoms with Gasteiger partial charge in [0.1, 0.15) is 0 Å². The van der Waals surface area contributed by atoms with Crippen LogP contribution in [0.15, 0.2) is 53.6 Å². The monoisotopic (exact) mass is 402 g/mol. The molecule has 1 heterocycles. The quantitative estimate of drug-likeness (QED) is 0.335. The molecule has 0 aliphatic heterocycles. The van der Waals surface area contributed by atoms with E-state index in [2.05, 4.69) is 10.5 Å². The van der Waals surface area contributed by atoms with E-state index in [0.29, 0.717) is 15.7 Å². The van der Waals surface area contributed by atoms with Crippen molar-refractivity contribution in [2.45, 2.75) is 13.8 Å². The number of benzene rings is 2. The Morgan fingerprint density at radius 3 is 2.44 bits per heavy atom. The van der Waals surface area contributed by atoms with Gasteiger partial charge in [-0.05, 0) is 50.2 Å². The van der Waals surface area contributed by atoms with E-state index in [1.54, 1.807) is 30.5 Å². The van der Waals surface area contributed by atoms with Gasteiger partial charge in [-0.25, -0.2) is 0 Å². The highest BCUT2D eigenvalue weighted by Crippen LogP contribution is 2.28. The highest BCUT2D eigenvalue weighted by molar-refractivity contribution is 6.35. The first-order chi connectivity index (χ1) is 12.9. The Morgan fingerprint density at radius 1 is 1.11 bits per heavy atom. The molecule has 138 valence electrons. The van der Waals surface area contributed by atoms with E-state index in [0.717, 1.165) is 22.6 Å². The smallest absolute Gasteiger partial charge is 0.269 e. The van der Waals surface area contributed by atoms with Gasteiger partial charge in [0.2, 0.25) is 0 Å². The van der Waals surface area contributed by atoms with Gasteiger partial charge >= 0.3 is 0 Å². The number of nitrogens with zero attached hydrogens (tertiary/aromatic N) is 3. The number of non-ortho nitro benzene ring substituents is 1. The van der Waals surface area contributed by atoms with Gasteiger partial charge in [-0.2, -0.15) is 5.10 Å². The maximum absolute atomic E-state index is 10.7. The molecule has 0 unspecified atom stereocenters. The summed E-state index contributed by atoms with van der Waals surface area (Å²) in [6, 6.07) is 13.4. The standard InChI is InChI=1S/C19H16Cl2N4O2/c1-12-9-14(11-22-23-16-4-6-17(7-5-16)25(26)27)13(2)24(12)19-8-3-15(20)10-18(19)21/h3-11,23H,1-2H3/b22-11+. The summed E-state index contributed by atoms with van der Waals surface area (Å²) in [5.74, 6) is 0. The van der Waals surface area contributed by atoms with Crippen molar-refractivity contribution in [3.63, 3.8) is 0 Å². The fourth-order valence-corrected chi connectivity index (χ4v) is 3.28. The number of hydrogen-bond acceptors (Lipinski definition) is 4. The number of halogens is 2. The van der Waals surface area contributed by atoms with E-state index in [9.17, 15) is 10.1 Å². The summed E-state index contributed by atoms with van der Waals surface area (Å²) < 4.78 is 2.03. The summed E-state index contributed by atoms with van der Waals surface area (Å²) >= 11 is 12.3. The molecule has 0 atom stereocenters. The summed E-state index contributed by atoms with van der Waals surface area (Å²) in [4.78, 5) is 10.2. The maximum atomic E-state index is 10.7. The molecule has 27 heavy (non-hydrogen) atoms. The average molecular weight is 403 g/mol. The maximum Gasteiger partial charge on any atom is 0.269 e. The number of nitro groups is 1. The first-order valence-electron chi connectivity index (χ1n) is 8.04. The van der Waals surface area contributed by atoms with Crippen molar-refractivity contribution < 1.29 is 4.92 Å². The van der Waals surface area contributed by atoms with Crippen molar-refractivity contribution in [3.8, 4) is 5.69 Å². The molecule has 3 rings (SSSR count). The lowest BCUT2D eigenvalue weighted by Gasteiger charge is -2.11. The van der Waals surface area contributed by atoms with E-state index in [1.165, 1.54) is 12.1 Å². The van der Waals surface area contributed by atoms with Gasteiger partial charge in [0.15, 0.2) is 0 Å². The molecule has 0 aliphatic rings. The van der Waals surface area contributed by atoms with Gasteiger partial charge in [-0.1, -0.05) is 23.2 Å². The fourth-order valence-electron chi connectivity index (χ4n) is 2.79. The third kappa shape index (κ3) is 4.13. The molecule has 1 aromatic heterocycles. The minimum atomic E-state index is -0.441. The van der Waals surface area contributed by atoms with E-state index >= 15 is 0 Å². The fraction of sp³-hybridized carbons (Fsp3) is 0.105. The molecule has 0 aliphatic carbocycles. The molecule has 0 saturated carbocycles. The predicted octanol–water partition coefficient (Wildman–Crippen LogP) is 5.76. The zero-order valence-corrected chi connectivity index (χ0v) is 16.1. The number of rotatable bonds is 5. The third-order valence-corrected chi connectivity index (χ3v) is 4.63. The van der Waals surface area contributed by atoms with Crippen molar-refractivity contribution in [1.29, 1.82) is 0 Å². The summed E-state index contributed by atoms with van der Waals surface area (Å²) in [5, 5.41) is 16.0. The topological polar surface area (TPSA) is 72.5 Å². The van der Waals surface area contributed by atoms with Gasteiger partial charge < -0.3 is 4.57 Å². The summed E-state index contributed by atoms with van der Waals surface area (Å²) in [7, 11) is 0. The minimum absolute atomic E-state index is 0.0351. The van der Waals surface area contributed by atoms with Crippen molar-refractivity contribution in [3.05, 3.63) is 85.6 Å². The molecule has 0 fully saturated rings. The van der Waals surface area contributed by atoms with Crippen LogP contribution in [0, 0.1) is 24.0 Å². The van der Waals surface area contributed by atoms with Crippen LogP contribution in [0.25, 0.3) is 5.69 Å².